The molecule has 0 radical (unpaired) electrons. The molecule has 0 aliphatic carbocycles. The standard InChI is InChI=1S/C8H17NO3/c1-8(2,5-4-6-10)9(3)7(11)12/h10H,4-6H2,1-3H3,(H,11,12). The molecule has 0 aromatic rings. The number of carbonyl (C=O) groups is 1. The number of aliphatic hydroxyl groups excluding tert-OH is 1. The van der Waals surface area contributed by atoms with Crippen molar-refractivity contribution in [2.75, 3.05) is 13.7 Å². The normalized spacial score (nSPS) is 11.3. The van der Waals surface area contributed by atoms with E-state index in [9.17, 15) is 4.79 Å². The fraction of sp³-hybridized carbons (Fsp3) is 0.875. The van der Waals surface area contributed by atoms with E-state index in [0.29, 0.717) is 12.8 Å². The molecule has 0 fully saturated rings. The van der Waals surface area contributed by atoms with Crippen molar-refractivity contribution in [1.29, 1.82) is 0 Å². The monoisotopic (exact) mass is 175 g/mol. The molecule has 2 N–H and O–H groups in total. The second-order valence-electron chi connectivity index (χ2n) is 3.48. The fourth-order valence-electron chi connectivity index (χ4n) is 0.938. The van der Waals surface area contributed by atoms with Gasteiger partial charge in [0.05, 0.1) is 0 Å². The quantitative estimate of drug-likeness (QED) is 0.673. The van der Waals surface area contributed by atoms with E-state index in [1.54, 1.807) is 7.05 Å². The highest BCUT2D eigenvalue weighted by Gasteiger charge is 2.26. The summed E-state index contributed by atoms with van der Waals surface area (Å²) in [6, 6.07) is 0. The van der Waals surface area contributed by atoms with Gasteiger partial charge in [-0.2, -0.15) is 0 Å². The van der Waals surface area contributed by atoms with E-state index < -0.39 is 11.6 Å². The molecule has 0 unspecified atom stereocenters. The minimum absolute atomic E-state index is 0.108. The Kier molecular flexibility index (Phi) is 4.03. The number of rotatable bonds is 4. The number of aliphatic hydroxyl groups is 1. The Hall–Kier alpha value is -0.770. The predicted octanol–water partition coefficient (Wildman–Crippen LogP) is 1.15. The molecule has 0 aliphatic rings. The molecule has 0 aromatic heterocycles. The maximum atomic E-state index is 10.6. The third-order valence-corrected chi connectivity index (χ3v) is 2.14. The van der Waals surface area contributed by atoms with Gasteiger partial charge in [-0.15, -0.1) is 0 Å². The summed E-state index contributed by atoms with van der Waals surface area (Å²) in [4.78, 5) is 11.8. The summed E-state index contributed by atoms with van der Waals surface area (Å²) in [7, 11) is 1.54. The molecule has 0 rings (SSSR count). The number of hydrogen-bond acceptors (Lipinski definition) is 2. The second kappa shape index (κ2) is 4.30. The first kappa shape index (κ1) is 11.2. The molecule has 4 heteroatoms. The van der Waals surface area contributed by atoms with E-state index in [4.69, 9.17) is 10.2 Å². The summed E-state index contributed by atoms with van der Waals surface area (Å²) in [5, 5.41) is 17.3. The van der Waals surface area contributed by atoms with Gasteiger partial charge in [0.15, 0.2) is 0 Å². The number of hydrogen-bond donors (Lipinski definition) is 2. The summed E-state index contributed by atoms with van der Waals surface area (Å²) in [5.41, 5.74) is -0.394. The first-order valence-corrected chi connectivity index (χ1v) is 3.99. The molecule has 0 saturated heterocycles. The van der Waals surface area contributed by atoms with Gasteiger partial charge in [0.2, 0.25) is 0 Å². The fourth-order valence-corrected chi connectivity index (χ4v) is 0.938. The Morgan fingerprint density at radius 3 is 2.33 bits per heavy atom. The van der Waals surface area contributed by atoms with Gasteiger partial charge >= 0.3 is 6.09 Å². The van der Waals surface area contributed by atoms with Crippen molar-refractivity contribution in [2.45, 2.75) is 32.2 Å². The van der Waals surface area contributed by atoms with Gasteiger partial charge in [-0.25, -0.2) is 4.79 Å². The Morgan fingerprint density at radius 2 is 2.00 bits per heavy atom. The highest BCUT2D eigenvalue weighted by atomic mass is 16.4. The van der Waals surface area contributed by atoms with E-state index >= 15 is 0 Å². The van der Waals surface area contributed by atoms with Crippen LogP contribution in [0.4, 0.5) is 4.79 Å². The zero-order valence-electron chi connectivity index (χ0n) is 7.87. The van der Waals surface area contributed by atoms with E-state index in [1.807, 2.05) is 13.8 Å². The zero-order chi connectivity index (χ0) is 9.78. The largest absolute Gasteiger partial charge is 0.465 e. The van der Waals surface area contributed by atoms with Crippen molar-refractivity contribution in [3.8, 4) is 0 Å². The van der Waals surface area contributed by atoms with Crippen LogP contribution in [0.5, 0.6) is 0 Å². The molecule has 0 aliphatic heterocycles. The predicted molar refractivity (Wildman–Crippen MR) is 46.2 cm³/mol. The average molecular weight is 175 g/mol. The number of amides is 1. The maximum Gasteiger partial charge on any atom is 0.407 e. The topological polar surface area (TPSA) is 60.8 Å². The Bertz CT molecular complexity index is 156. The summed E-state index contributed by atoms with van der Waals surface area (Å²) in [6.45, 7) is 3.80. The Labute approximate surface area is 72.8 Å². The lowest BCUT2D eigenvalue weighted by Gasteiger charge is -2.33. The summed E-state index contributed by atoms with van der Waals surface area (Å²) >= 11 is 0. The van der Waals surface area contributed by atoms with Crippen molar-refractivity contribution in [2.24, 2.45) is 0 Å². The van der Waals surface area contributed by atoms with Crippen LogP contribution in [0.25, 0.3) is 0 Å². The average Bonchev–Trinajstić information content (AvgIpc) is 1.99. The van der Waals surface area contributed by atoms with Gasteiger partial charge in [-0.1, -0.05) is 0 Å². The Morgan fingerprint density at radius 1 is 1.50 bits per heavy atom. The molecule has 0 saturated carbocycles. The van der Waals surface area contributed by atoms with Crippen LogP contribution in [0.15, 0.2) is 0 Å². The van der Waals surface area contributed by atoms with Crippen LogP contribution in [-0.4, -0.2) is 40.4 Å². The van der Waals surface area contributed by atoms with Crippen molar-refractivity contribution < 1.29 is 15.0 Å². The highest BCUT2D eigenvalue weighted by molar-refractivity contribution is 5.65. The molecular weight excluding hydrogens is 158 g/mol. The van der Waals surface area contributed by atoms with E-state index in [2.05, 4.69) is 0 Å². The number of nitrogens with zero attached hydrogens (tertiary/aromatic N) is 1. The van der Waals surface area contributed by atoms with Crippen LogP contribution < -0.4 is 0 Å². The van der Waals surface area contributed by atoms with Crippen LogP contribution in [0, 0.1) is 0 Å². The molecule has 0 atom stereocenters. The lowest BCUT2D eigenvalue weighted by atomic mass is 9.97. The van der Waals surface area contributed by atoms with Crippen molar-refractivity contribution in [3.05, 3.63) is 0 Å². The van der Waals surface area contributed by atoms with E-state index in [1.165, 1.54) is 4.90 Å². The second-order valence-corrected chi connectivity index (χ2v) is 3.48. The van der Waals surface area contributed by atoms with Gasteiger partial charge in [0.25, 0.3) is 0 Å². The molecule has 4 nitrogen and oxygen atoms in total. The molecule has 12 heavy (non-hydrogen) atoms. The first-order chi connectivity index (χ1) is 5.41. The third-order valence-electron chi connectivity index (χ3n) is 2.14. The van der Waals surface area contributed by atoms with Gasteiger partial charge < -0.3 is 15.1 Å². The van der Waals surface area contributed by atoms with Crippen molar-refractivity contribution in [1.82, 2.24) is 4.90 Å². The minimum atomic E-state index is -0.932. The number of carboxylic acid groups (broad SMARTS) is 1. The lowest BCUT2D eigenvalue weighted by Crippen LogP contribution is -2.44. The molecule has 1 amide bonds. The smallest absolute Gasteiger partial charge is 0.407 e. The summed E-state index contributed by atoms with van der Waals surface area (Å²) < 4.78 is 0. The SMILES string of the molecule is CN(C(=O)O)C(C)(C)CCCO. The summed E-state index contributed by atoms with van der Waals surface area (Å²) in [6.07, 6.45) is 0.370. The molecule has 72 valence electrons. The molecular formula is C8H17NO3. The highest BCUT2D eigenvalue weighted by Crippen LogP contribution is 2.18. The first-order valence-electron chi connectivity index (χ1n) is 3.99. The third kappa shape index (κ3) is 3.09. The van der Waals surface area contributed by atoms with Gasteiger partial charge in [-0.3, -0.25) is 0 Å². The van der Waals surface area contributed by atoms with Crippen molar-refractivity contribution >= 4 is 6.09 Å². The molecule has 0 heterocycles. The van der Waals surface area contributed by atoms with Gasteiger partial charge in [0.1, 0.15) is 0 Å². The van der Waals surface area contributed by atoms with Crippen LogP contribution in [0.1, 0.15) is 26.7 Å². The summed E-state index contributed by atoms with van der Waals surface area (Å²) in [5.74, 6) is 0. The maximum absolute atomic E-state index is 10.6. The van der Waals surface area contributed by atoms with Crippen LogP contribution >= 0.6 is 0 Å². The van der Waals surface area contributed by atoms with Crippen LogP contribution in [0.2, 0.25) is 0 Å². The van der Waals surface area contributed by atoms with Crippen LogP contribution in [0.3, 0.4) is 0 Å². The molecule has 0 spiro atoms. The Balaban J connectivity index is 4.08. The van der Waals surface area contributed by atoms with E-state index in [-0.39, 0.29) is 6.61 Å². The molecule has 0 aromatic carbocycles. The zero-order valence-corrected chi connectivity index (χ0v) is 7.87. The van der Waals surface area contributed by atoms with E-state index in [0.717, 1.165) is 0 Å². The van der Waals surface area contributed by atoms with Crippen LogP contribution in [-0.2, 0) is 0 Å². The van der Waals surface area contributed by atoms with Gasteiger partial charge in [-0.05, 0) is 26.7 Å². The molecule has 0 bridgehead atoms. The van der Waals surface area contributed by atoms with Gasteiger partial charge in [0, 0.05) is 19.2 Å². The minimum Gasteiger partial charge on any atom is -0.465 e. The lowest BCUT2D eigenvalue weighted by molar-refractivity contribution is 0.101. The van der Waals surface area contributed by atoms with Crippen molar-refractivity contribution in [3.63, 3.8) is 0 Å².